The molecular weight excluding hydrogens is 416 g/mol. The second-order valence-electron chi connectivity index (χ2n) is 8.31. The first-order valence-electron chi connectivity index (χ1n) is 9.72. The van der Waals surface area contributed by atoms with Crippen molar-refractivity contribution in [3.63, 3.8) is 0 Å². The molecule has 8 heteroatoms. The predicted molar refractivity (Wildman–Crippen MR) is 120 cm³/mol. The number of nitrogens with zero attached hydrogens (tertiary/aromatic N) is 4. The van der Waals surface area contributed by atoms with E-state index in [1.54, 1.807) is 71.0 Å². The van der Waals surface area contributed by atoms with Gasteiger partial charge in [-0.05, 0) is 64.4 Å². The van der Waals surface area contributed by atoms with Crippen LogP contribution < -0.4 is 5.56 Å². The Morgan fingerprint density at radius 2 is 1.90 bits per heavy atom. The maximum Gasteiger partial charge on any atom is 0.408 e. The van der Waals surface area contributed by atoms with E-state index in [2.05, 4.69) is 11.1 Å². The highest BCUT2D eigenvalue weighted by Gasteiger charge is 2.35. The highest BCUT2D eigenvalue weighted by Crippen LogP contribution is 2.31. The van der Waals surface area contributed by atoms with E-state index in [0.29, 0.717) is 22.3 Å². The Bertz CT molecular complexity index is 1280. The van der Waals surface area contributed by atoms with Crippen LogP contribution in [0.3, 0.4) is 0 Å². The van der Waals surface area contributed by atoms with Crippen LogP contribution in [0.25, 0.3) is 16.6 Å². The number of aromatic nitrogens is 2. The minimum Gasteiger partial charge on any atom is -0.465 e. The van der Waals surface area contributed by atoms with E-state index in [9.17, 15) is 20.0 Å². The van der Waals surface area contributed by atoms with Crippen molar-refractivity contribution in [2.75, 3.05) is 0 Å². The van der Waals surface area contributed by atoms with E-state index in [4.69, 9.17) is 11.6 Å². The summed E-state index contributed by atoms with van der Waals surface area (Å²) in [6, 6.07) is 11.4. The zero-order chi connectivity index (χ0) is 23.1. The van der Waals surface area contributed by atoms with Gasteiger partial charge in [-0.2, -0.15) is 5.26 Å². The number of carboxylic acid groups (broad SMARTS) is 1. The molecule has 0 radical (unpaired) electrons. The largest absolute Gasteiger partial charge is 0.465 e. The van der Waals surface area contributed by atoms with Gasteiger partial charge in [0.2, 0.25) is 0 Å². The number of nitriles is 1. The summed E-state index contributed by atoms with van der Waals surface area (Å²) in [5.74, 6) is 0.246. The number of rotatable bonds is 3. The highest BCUT2D eigenvalue weighted by molar-refractivity contribution is 6.35. The van der Waals surface area contributed by atoms with E-state index >= 15 is 0 Å². The number of fused-ring (bicyclic) bond motifs is 1. The topological polar surface area (TPSA) is 99.2 Å². The van der Waals surface area contributed by atoms with Crippen LogP contribution in [0.1, 0.15) is 50.7 Å². The van der Waals surface area contributed by atoms with Gasteiger partial charge in [-0.1, -0.05) is 23.7 Å². The molecule has 1 aromatic heterocycles. The van der Waals surface area contributed by atoms with Gasteiger partial charge in [-0.3, -0.25) is 14.3 Å². The van der Waals surface area contributed by atoms with Crippen LogP contribution in [0.4, 0.5) is 4.79 Å². The number of halogens is 1. The van der Waals surface area contributed by atoms with E-state index in [0.717, 1.165) is 0 Å². The standard InChI is InChI=1S/C23H23ClN4O3/c1-13-15(12-25)8-6-11-18(13)27-20(14(2)28(22(30)31)23(3,4)5)26-17-10-7-9-16(24)19(17)21(27)29/h6-11,14H,1-5H3,(H,30,31)/t14-/m0/s1. The molecule has 1 heterocycles. The molecule has 3 aromatic rings. The van der Waals surface area contributed by atoms with Gasteiger partial charge in [-0.15, -0.1) is 0 Å². The highest BCUT2D eigenvalue weighted by atomic mass is 35.5. The minimum atomic E-state index is -1.13. The summed E-state index contributed by atoms with van der Waals surface area (Å²) in [4.78, 5) is 31.7. The molecule has 0 spiro atoms. The second kappa shape index (κ2) is 8.05. The van der Waals surface area contributed by atoms with E-state index < -0.39 is 23.2 Å². The van der Waals surface area contributed by atoms with Crippen molar-refractivity contribution >= 4 is 28.6 Å². The summed E-state index contributed by atoms with van der Waals surface area (Å²) in [6.45, 7) is 8.76. The first-order valence-corrected chi connectivity index (χ1v) is 10.1. The molecule has 0 saturated carbocycles. The van der Waals surface area contributed by atoms with Crippen molar-refractivity contribution in [1.82, 2.24) is 14.5 Å². The lowest BCUT2D eigenvalue weighted by molar-refractivity contribution is 0.0719. The number of carbonyl (C=O) groups is 1. The van der Waals surface area contributed by atoms with Gasteiger partial charge in [0, 0.05) is 5.54 Å². The lowest BCUT2D eigenvalue weighted by Crippen LogP contribution is -2.47. The molecule has 0 aliphatic heterocycles. The average Bonchev–Trinajstić information content (AvgIpc) is 2.67. The van der Waals surface area contributed by atoms with Gasteiger partial charge < -0.3 is 5.11 Å². The van der Waals surface area contributed by atoms with Gasteiger partial charge in [0.15, 0.2) is 0 Å². The Labute approximate surface area is 185 Å². The van der Waals surface area contributed by atoms with Crippen molar-refractivity contribution in [2.45, 2.75) is 46.2 Å². The molecule has 7 nitrogen and oxygen atoms in total. The van der Waals surface area contributed by atoms with Crippen LogP contribution in [-0.4, -0.2) is 31.2 Å². The molecule has 0 saturated heterocycles. The van der Waals surface area contributed by atoms with Crippen LogP contribution in [0.5, 0.6) is 0 Å². The lowest BCUT2D eigenvalue weighted by Gasteiger charge is -2.38. The van der Waals surface area contributed by atoms with Crippen molar-refractivity contribution in [1.29, 1.82) is 5.26 Å². The third-order valence-corrected chi connectivity index (χ3v) is 5.54. The fourth-order valence-electron chi connectivity index (χ4n) is 3.86. The molecule has 0 aliphatic rings. The Morgan fingerprint density at radius 1 is 1.26 bits per heavy atom. The summed E-state index contributed by atoms with van der Waals surface area (Å²) in [5.41, 5.74) is 0.665. The van der Waals surface area contributed by atoms with Crippen molar-refractivity contribution in [2.24, 2.45) is 0 Å². The molecule has 0 bridgehead atoms. The monoisotopic (exact) mass is 438 g/mol. The Kier molecular flexibility index (Phi) is 5.79. The summed E-state index contributed by atoms with van der Waals surface area (Å²) in [5, 5.41) is 19.9. The number of amides is 1. The summed E-state index contributed by atoms with van der Waals surface area (Å²) >= 11 is 6.33. The average molecular weight is 439 g/mol. The fraction of sp³-hybridized carbons (Fsp3) is 0.304. The summed E-state index contributed by atoms with van der Waals surface area (Å²) in [6.07, 6.45) is -1.13. The SMILES string of the molecule is Cc1c(C#N)cccc1-n1c([C@H](C)N(C(=O)O)C(C)(C)C)nc2cccc(Cl)c2c1=O. The van der Waals surface area contributed by atoms with Crippen molar-refractivity contribution in [3.8, 4) is 11.8 Å². The molecular formula is C23H23ClN4O3. The van der Waals surface area contributed by atoms with Gasteiger partial charge >= 0.3 is 6.09 Å². The number of benzene rings is 2. The molecule has 3 rings (SSSR count). The lowest BCUT2D eigenvalue weighted by atomic mass is 10.0. The van der Waals surface area contributed by atoms with E-state index in [-0.39, 0.29) is 16.2 Å². The van der Waals surface area contributed by atoms with Crippen LogP contribution >= 0.6 is 11.6 Å². The van der Waals surface area contributed by atoms with Gasteiger partial charge in [0.05, 0.1) is 39.3 Å². The third-order valence-electron chi connectivity index (χ3n) is 5.23. The van der Waals surface area contributed by atoms with Crippen LogP contribution in [0.2, 0.25) is 5.02 Å². The predicted octanol–water partition coefficient (Wildman–Crippen LogP) is 5.06. The van der Waals surface area contributed by atoms with Gasteiger partial charge in [0.25, 0.3) is 5.56 Å². The second-order valence-corrected chi connectivity index (χ2v) is 8.71. The quantitative estimate of drug-likeness (QED) is 0.616. The molecule has 0 unspecified atom stereocenters. The Hall–Kier alpha value is -3.37. The van der Waals surface area contributed by atoms with Crippen molar-refractivity contribution in [3.05, 3.63) is 68.7 Å². The molecule has 2 aromatic carbocycles. The van der Waals surface area contributed by atoms with Gasteiger partial charge in [0.1, 0.15) is 5.82 Å². The van der Waals surface area contributed by atoms with Crippen LogP contribution in [0.15, 0.2) is 41.2 Å². The van der Waals surface area contributed by atoms with E-state index in [1.165, 1.54) is 9.47 Å². The molecule has 1 N–H and O–H groups in total. The fourth-order valence-corrected chi connectivity index (χ4v) is 4.11. The minimum absolute atomic E-state index is 0.236. The molecule has 0 fully saturated rings. The maximum absolute atomic E-state index is 13.7. The maximum atomic E-state index is 13.7. The number of hydrogen-bond donors (Lipinski definition) is 1. The smallest absolute Gasteiger partial charge is 0.408 e. The summed E-state index contributed by atoms with van der Waals surface area (Å²) in [7, 11) is 0. The van der Waals surface area contributed by atoms with Gasteiger partial charge in [-0.25, -0.2) is 9.78 Å². The van der Waals surface area contributed by atoms with E-state index in [1.807, 2.05) is 0 Å². The first kappa shape index (κ1) is 22.3. The Balaban J connectivity index is 2.47. The van der Waals surface area contributed by atoms with Crippen molar-refractivity contribution < 1.29 is 9.90 Å². The molecule has 31 heavy (non-hydrogen) atoms. The molecule has 1 atom stereocenters. The zero-order valence-corrected chi connectivity index (χ0v) is 18.7. The normalized spacial score (nSPS) is 12.4. The Morgan fingerprint density at radius 3 is 2.48 bits per heavy atom. The third kappa shape index (κ3) is 3.87. The zero-order valence-electron chi connectivity index (χ0n) is 18.0. The first-order chi connectivity index (χ1) is 14.5. The molecule has 160 valence electrons. The molecule has 0 aliphatic carbocycles. The van der Waals surface area contributed by atoms with Crippen LogP contribution in [0, 0.1) is 18.3 Å². The number of hydrogen-bond acceptors (Lipinski definition) is 4. The summed E-state index contributed by atoms with van der Waals surface area (Å²) < 4.78 is 1.37. The van der Waals surface area contributed by atoms with Crippen LogP contribution in [-0.2, 0) is 0 Å². The molecule has 1 amide bonds.